The zero-order valence-corrected chi connectivity index (χ0v) is 19.0. The summed E-state index contributed by atoms with van der Waals surface area (Å²) in [7, 11) is -3.37. The van der Waals surface area contributed by atoms with Gasteiger partial charge in [0.25, 0.3) is 0 Å². The van der Waals surface area contributed by atoms with Crippen molar-refractivity contribution in [3.8, 4) is 11.1 Å². The average Bonchev–Trinajstić information content (AvgIpc) is 3.52. The van der Waals surface area contributed by atoms with E-state index in [1.807, 2.05) is 68.4 Å². The molecular formula is C23H25N3O3S2. The van der Waals surface area contributed by atoms with Crippen LogP contribution < -0.4 is 10.0 Å². The highest BCUT2D eigenvalue weighted by atomic mass is 32.2. The van der Waals surface area contributed by atoms with Crippen molar-refractivity contribution < 1.29 is 13.2 Å². The van der Waals surface area contributed by atoms with Crippen LogP contribution in [0.1, 0.15) is 38.3 Å². The van der Waals surface area contributed by atoms with Gasteiger partial charge >= 0.3 is 0 Å². The summed E-state index contributed by atoms with van der Waals surface area (Å²) in [6, 6.07) is 17.8. The van der Waals surface area contributed by atoms with Gasteiger partial charge in [-0.2, -0.15) is 0 Å². The van der Waals surface area contributed by atoms with E-state index in [2.05, 4.69) is 15.0 Å². The summed E-state index contributed by atoms with van der Waals surface area (Å²) in [5.74, 6) is -0.646. The van der Waals surface area contributed by atoms with Crippen LogP contribution in [0, 0.1) is 5.92 Å². The molecule has 1 unspecified atom stereocenters. The zero-order valence-electron chi connectivity index (χ0n) is 17.4. The molecule has 1 aromatic heterocycles. The zero-order chi connectivity index (χ0) is 22.0. The molecule has 0 saturated heterocycles. The predicted octanol–water partition coefficient (Wildman–Crippen LogP) is 5.09. The van der Waals surface area contributed by atoms with E-state index < -0.39 is 15.9 Å². The number of amides is 1. The van der Waals surface area contributed by atoms with Crippen LogP contribution in [0.15, 0.2) is 60.0 Å². The lowest BCUT2D eigenvalue weighted by molar-refractivity contribution is -0.118. The molecule has 1 fully saturated rings. The Morgan fingerprint density at radius 2 is 1.68 bits per heavy atom. The van der Waals surface area contributed by atoms with E-state index in [0.717, 1.165) is 11.1 Å². The van der Waals surface area contributed by atoms with Crippen molar-refractivity contribution >= 4 is 38.1 Å². The van der Waals surface area contributed by atoms with E-state index in [-0.39, 0.29) is 17.1 Å². The number of nitrogens with one attached hydrogen (secondary N) is 2. The van der Waals surface area contributed by atoms with Crippen molar-refractivity contribution in [2.24, 2.45) is 5.92 Å². The molecule has 0 spiro atoms. The highest BCUT2D eigenvalue weighted by Gasteiger charge is 2.36. The second-order valence-corrected chi connectivity index (χ2v) is 10.9. The number of sulfonamides is 1. The summed E-state index contributed by atoms with van der Waals surface area (Å²) in [5.41, 5.74) is 3.47. The number of nitrogens with zero attached hydrogens (tertiary/aromatic N) is 1. The van der Waals surface area contributed by atoms with Crippen LogP contribution in [0.2, 0.25) is 0 Å². The molecule has 0 bridgehead atoms. The third kappa shape index (κ3) is 5.14. The van der Waals surface area contributed by atoms with Gasteiger partial charge in [0.15, 0.2) is 5.13 Å². The van der Waals surface area contributed by atoms with Crippen LogP contribution in [0.3, 0.4) is 0 Å². The van der Waals surface area contributed by atoms with Crippen LogP contribution in [-0.4, -0.2) is 24.6 Å². The summed E-state index contributed by atoms with van der Waals surface area (Å²) in [4.78, 5) is 17.4. The van der Waals surface area contributed by atoms with E-state index >= 15 is 0 Å². The molecule has 1 atom stereocenters. The average molecular weight is 456 g/mol. The molecule has 0 aliphatic heterocycles. The largest absolute Gasteiger partial charge is 0.326 e. The minimum absolute atomic E-state index is 0.00131. The van der Waals surface area contributed by atoms with Gasteiger partial charge in [-0.1, -0.05) is 56.3 Å². The van der Waals surface area contributed by atoms with Crippen molar-refractivity contribution in [2.75, 3.05) is 10.0 Å². The summed E-state index contributed by atoms with van der Waals surface area (Å²) in [5, 5.41) is 4.73. The van der Waals surface area contributed by atoms with Crippen LogP contribution in [0.5, 0.6) is 0 Å². The lowest BCUT2D eigenvalue weighted by Gasteiger charge is -2.18. The number of carbonyl (C=O) groups is 1. The number of carbonyl (C=O) groups excluding carboxylic acids is 1. The maximum atomic E-state index is 13.0. The second-order valence-electron chi connectivity index (χ2n) is 8.08. The number of hydrogen-bond donors (Lipinski definition) is 2. The predicted molar refractivity (Wildman–Crippen MR) is 126 cm³/mol. The number of benzene rings is 2. The summed E-state index contributed by atoms with van der Waals surface area (Å²) >= 11 is 1.21. The molecule has 1 heterocycles. The molecule has 2 aromatic carbocycles. The Morgan fingerprint density at radius 3 is 2.29 bits per heavy atom. The highest BCUT2D eigenvalue weighted by molar-refractivity contribution is 7.93. The maximum absolute atomic E-state index is 13.0. The Morgan fingerprint density at radius 1 is 1.03 bits per heavy atom. The summed E-state index contributed by atoms with van der Waals surface area (Å²) in [6.45, 7) is 3.91. The molecule has 1 saturated carbocycles. The van der Waals surface area contributed by atoms with Gasteiger partial charge in [-0.15, -0.1) is 11.3 Å². The molecule has 31 heavy (non-hydrogen) atoms. The van der Waals surface area contributed by atoms with Gasteiger partial charge in [0.1, 0.15) is 0 Å². The molecule has 1 aliphatic carbocycles. The summed E-state index contributed by atoms with van der Waals surface area (Å²) < 4.78 is 26.9. The topological polar surface area (TPSA) is 88.2 Å². The lowest BCUT2D eigenvalue weighted by Crippen LogP contribution is -2.25. The Bertz CT molecular complexity index is 1150. The van der Waals surface area contributed by atoms with E-state index in [0.29, 0.717) is 29.4 Å². The quantitative estimate of drug-likeness (QED) is 0.495. The fourth-order valence-corrected chi connectivity index (χ4v) is 5.78. The molecule has 8 heteroatoms. The van der Waals surface area contributed by atoms with Gasteiger partial charge in [0.05, 0.1) is 16.9 Å². The van der Waals surface area contributed by atoms with E-state index in [1.165, 1.54) is 11.3 Å². The van der Waals surface area contributed by atoms with Crippen molar-refractivity contribution in [3.05, 3.63) is 65.7 Å². The first-order valence-electron chi connectivity index (χ1n) is 10.3. The molecule has 4 rings (SSSR count). The minimum Gasteiger partial charge on any atom is -0.326 e. The standard InChI is InChI=1S/C23H25N3O3S2/c1-15(2)21(20-14-30-23(25-20)26-31(28,29)19-12-13-19)22(27)24-18-10-8-17(9-11-18)16-6-4-3-5-7-16/h3-11,14-15,19,21H,12-13H2,1-2H3,(H,24,27)(H,25,26). The fraction of sp³-hybridized carbons (Fsp3) is 0.304. The number of hydrogen-bond acceptors (Lipinski definition) is 5. The number of aromatic nitrogens is 1. The normalized spacial score (nSPS) is 14.9. The van der Waals surface area contributed by atoms with Crippen molar-refractivity contribution in [1.82, 2.24) is 4.98 Å². The Kier molecular flexibility index (Phi) is 6.11. The lowest BCUT2D eigenvalue weighted by atomic mass is 9.92. The fourth-order valence-electron chi connectivity index (χ4n) is 3.43. The molecule has 2 N–H and O–H groups in total. The molecular weight excluding hydrogens is 430 g/mol. The van der Waals surface area contributed by atoms with Gasteiger partial charge in [-0.3, -0.25) is 9.52 Å². The molecule has 3 aromatic rings. The molecule has 6 nitrogen and oxygen atoms in total. The second kappa shape index (κ2) is 8.80. The number of thiazole rings is 1. The first-order chi connectivity index (χ1) is 14.8. The number of rotatable bonds is 8. The van der Waals surface area contributed by atoms with Crippen molar-refractivity contribution in [2.45, 2.75) is 37.9 Å². The number of anilines is 2. The van der Waals surface area contributed by atoms with Crippen molar-refractivity contribution in [3.63, 3.8) is 0 Å². The first-order valence-corrected chi connectivity index (χ1v) is 12.7. The van der Waals surface area contributed by atoms with Crippen LogP contribution in [0.4, 0.5) is 10.8 Å². The molecule has 1 aliphatic rings. The van der Waals surface area contributed by atoms with Gasteiger partial charge in [-0.05, 0) is 42.0 Å². The maximum Gasteiger partial charge on any atom is 0.237 e. The van der Waals surface area contributed by atoms with Gasteiger partial charge in [0, 0.05) is 11.1 Å². The van der Waals surface area contributed by atoms with Gasteiger partial charge < -0.3 is 5.32 Å². The van der Waals surface area contributed by atoms with Gasteiger partial charge in [-0.25, -0.2) is 13.4 Å². The Labute approximate surface area is 186 Å². The highest BCUT2D eigenvalue weighted by Crippen LogP contribution is 2.33. The van der Waals surface area contributed by atoms with E-state index in [9.17, 15) is 13.2 Å². The molecule has 1 amide bonds. The summed E-state index contributed by atoms with van der Waals surface area (Å²) in [6.07, 6.45) is 1.38. The third-order valence-corrected chi connectivity index (χ3v) is 7.97. The van der Waals surface area contributed by atoms with Crippen LogP contribution in [0.25, 0.3) is 11.1 Å². The third-order valence-electron chi connectivity index (χ3n) is 5.24. The minimum atomic E-state index is -3.37. The smallest absolute Gasteiger partial charge is 0.237 e. The van der Waals surface area contributed by atoms with Crippen molar-refractivity contribution in [1.29, 1.82) is 0 Å². The Hall–Kier alpha value is -2.71. The Balaban J connectivity index is 1.47. The molecule has 162 valence electrons. The first kappa shape index (κ1) is 21.5. The van der Waals surface area contributed by atoms with Crippen LogP contribution >= 0.6 is 11.3 Å². The van der Waals surface area contributed by atoms with Crippen LogP contribution in [-0.2, 0) is 14.8 Å². The van der Waals surface area contributed by atoms with E-state index in [1.54, 1.807) is 5.38 Å². The molecule has 0 radical (unpaired) electrons. The SMILES string of the molecule is CC(C)C(C(=O)Nc1ccc(-c2ccccc2)cc1)c1csc(NS(=O)(=O)C2CC2)n1. The monoisotopic (exact) mass is 455 g/mol. The van der Waals surface area contributed by atoms with E-state index in [4.69, 9.17) is 0 Å². The van der Waals surface area contributed by atoms with Gasteiger partial charge in [0.2, 0.25) is 15.9 Å².